The Hall–Kier alpha value is -3.52. The van der Waals surface area contributed by atoms with Gasteiger partial charge >= 0.3 is 5.97 Å². The van der Waals surface area contributed by atoms with E-state index in [1.165, 1.54) is 18.2 Å². The minimum Gasteiger partial charge on any atom is -0.494 e. The number of ether oxygens (including phenoxy) is 1. The topological polar surface area (TPSA) is 95.9 Å². The molecule has 0 fully saturated rings. The average Bonchev–Trinajstić information content (AvgIpc) is 2.74. The molecule has 2 N–H and O–H groups in total. The van der Waals surface area contributed by atoms with Crippen LogP contribution >= 0.6 is 0 Å². The largest absolute Gasteiger partial charge is 0.494 e. The SMILES string of the molecule is CCOc1ccc(S(=O)(=O)Nc2ccc(N(C)Cc3ccccc3)c(C(=O)O)c2)cc1. The summed E-state index contributed by atoms with van der Waals surface area (Å²) in [6.45, 7) is 2.83. The van der Waals surface area contributed by atoms with Crippen LogP contribution in [0.2, 0.25) is 0 Å². The number of nitrogens with one attached hydrogen (secondary N) is 1. The molecule has 0 radical (unpaired) electrons. The minimum atomic E-state index is -3.88. The summed E-state index contributed by atoms with van der Waals surface area (Å²) >= 11 is 0. The summed E-state index contributed by atoms with van der Waals surface area (Å²) < 4.78 is 33.2. The number of benzene rings is 3. The average molecular weight is 441 g/mol. The Morgan fingerprint density at radius 2 is 1.71 bits per heavy atom. The Labute approximate surface area is 182 Å². The van der Waals surface area contributed by atoms with E-state index in [-0.39, 0.29) is 16.1 Å². The summed E-state index contributed by atoms with van der Waals surface area (Å²) in [6.07, 6.45) is 0. The number of nitrogens with zero attached hydrogens (tertiary/aromatic N) is 1. The zero-order valence-corrected chi connectivity index (χ0v) is 18.1. The van der Waals surface area contributed by atoms with Crippen LogP contribution in [0.5, 0.6) is 5.75 Å². The van der Waals surface area contributed by atoms with Crippen LogP contribution in [0.1, 0.15) is 22.8 Å². The van der Waals surface area contributed by atoms with Gasteiger partial charge in [-0.15, -0.1) is 0 Å². The first-order valence-corrected chi connectivity index (χ1v) is 11.2. The molecule has 0 saturated carbocycles. The van der Waals surface area contributed by atoms with Crippen molar-refractivity contribution in [3.63, 3.8) is 0 Å². The van der Waals surface area contributed by atoms with Gasteiger partial charge in [-0.3, -0.25) is 4.72 Å². The molecule has 0 aliphatic rings. The summed E-state index contributed by atoms with van der Waals surface area (Å²) in [5.74, 6) is -0.572. The van der Waals surface area contributed by atoms with E-state index in [4.69, 9.17) is 4.74 Å². The van der Waals surface area contributed by atoms with Gasteiger partial charge in [0, 0.05) is 19.3 Å². The number of hydrogen-bond acceptors (Lipinski definition) is 5. The van der Waals surface area contributed by atoms with Gasteiger partial charge in [-0.25, -0.2) is 13.2 Å². The smallest absolute Gasteiger partial charge is 0.337 e. The van der Waals surface area contributed by atoms with Gasteiger partial charge < -0.3 is 14.7 Å². The van der Waals surface area contributed by atoms with Gasteiger partial charge in [0.25, 0.3) is 10.0 Å². The Kier molecular flexibility index (Phi) is 6.81. The molecule has 8 heteroatoms. The number of carboxylic acid groups (broad SMARTS) is 1. The number of sulfonamides is 1. The predicted molar refractivity (Wildman–Crippen MR) is 120 cm³/mol. The number of carbonyl (C=O) groups is 1. The van der Waals surface area contributed by atoms with Crippen molar-refractivity contribution in [1.82, 2.24) is 0 Å². The van der Waals surface area contributed by atoms with Gasteiger partial charge in [0.2, 0.25) is 0 Å². The van der Waals surface area contributed by atoms with Crippen LogP contribution in [-0.4, -0.2) is 33.1 Å². The van der Waals surface area contributed by atoms with Gasteiger partial charge in [0.15, 0.2) is 0 Å². The molecule has 3 rings (SSSR count). The van der Waals surface area contributed by atoms with E-state index in [1.54, 1.807) is 31.3 Å². The summed E-state index contributed by atoms with van der Waals surface area (Å²) in [5.41, 5.74) is 1.69. The fraction of sp³-hybridized carbons (Fsp3) is 0.174. The molecule has 0 aliphatic carbocycles. The first-order valence-electron chi connectivity index (χ1n) is 9.68. The molecule has 0 heterocycles. The van der Waals surface area contributed by atoms with Crippen molar-refractivity contribution in [3.8, 4) is 5.75 Å². The molecule has 0 amide bonds. The lowest BCUT2D eigenvalue weighted by Gasteiger charge is -2.22. The standard InChI is InChI=1S/C23H24N2O5S/c1-3-30-19-10-12-20(13-11-19)31(28,29)24-18-9-14-22(21(15-18)23(26)27)25(2)16-17-7-5-4-6-8-17/h4-15,24H,3,16H2,1-2H3,(H,26,27). The van der Waals surface area contributed by atoms with Crippen LogP contribution in [0.25, 0.3) is 0 Å². The highest BCUT2D eigenvalue weighted by Gasteiger charge is 2.19. The van der Waals surface area contributed by atoms with Crippen molar-refractivity contribution >= 4 is 27.4 Å². The fourth-order valence-corrected chi connectivity index (χ4v) is 4.19. The fourth-order valence-electron chi connectivity index (χ4n) is 3.14. The zero-order valence-electron chi connectivity index (χ0n) is 17.3. The lowest BCUT2D eigenvalue weighted by Crippen LogP contribution is -2.20. The molecule has 3 aromatic carbocycles. The molecule has 31 heavy (non-hydrogen) atoms. The van der Waals surface area contributed by atoms with Gasteiger partial charge in [-0.1, -0.05) is 30.3 Å². The van der Waals surface area contributed by atoms with Crippen molar-refractivity contribution in [2.45, 2.75) is 18.4 Å². The summed E-state index contributed by atoms with van der Waals surface area (Å²) in [5, 5.41) is 9.68. The maximum Gasteiger partial charge on any atom is 0.337 e. The molecule has 0 aliphatic heterocycles. The van der Waals surface area contributed by atoms with Crippen molar-refractivity contribution in [1.29, 1.82) is 0 Å². The highest BCUT2D eigenvalue weighted by Crippen LogP contribution is 2.27. The Morgan fingerprint density at radius 1 is 1.03 bits per heavy atom. The van der Waals surface area contributed by atoms with Crippen molar-refractivity contribution < 1.29 is 23.1 Å². The van der Waals surface area contributed by atoms with Crippen LogP contribution in [0, 0.1) is 0 Å². The summed E-state index contributed by atoms with van der Waals surface area (Å²) in [7, 11) is -2.09. The van der Waals surface area contributed by atoms with Gasteiger partial charge in [0.05, 0.1) is 22.8 Å². The van der Waals surface area contributed by atoms with E-state index >= 15 is 0 Å². The molecule has 3 aromatic rings. The van der Waals surface area contributed by atoms with Crippen molar-refractivity contribution in [2.75, 3.05) is 23.3 Å². The molecule has 0 bridgehead atoms. The molecule has 0 unspecified atom stereocenters. The van der Waals surface area contributed by atoms with Crippen LogP contribution in [-0.2, 0) is 16.6 Å². The van der Waals surface area contributed by atoms with Crippen LogP contribution in [0.3, 0.4) is 0 Å². The lowest BCUT2D eigenvalue weighted by atomic mass is 10.1. The van der Waals surface area contributed by atoms with Crippen molar-refractivity contribution in [2.24, 2.45) is 0 Å². The quantitative estimate of drug-likeness (QED) is 0.517. The lowest BCUT2D eigenvalue weighted by molar-refractivity contribution is 0.0697. The second-order valence-corrected chi connectivity index (χ2v) is 8.57. The van der Waals surface area contributed by atoms with Crippen molar-refractivity contribution in [3.05, 3.63) is 83.9 Å². The molecular weight excluding hydrogens is 416 g/mol. The highest BCUT2D eigenvalue weighted by molar-refractivity contribution is 7.92. The zero-order chi connectivity index (χ0) is 22.4. The van der Waals surface area contributed by atoms with Crippen LogP contribution in [0.4, 0.5) is 11.4 Å². The van der Waals surface area contributed by atoms with Gasteiger partial charge in [0.1, 0.15) is 5.75 Å². The molecule has 7 nitrogen and oxygen atoms in total. The third-order valence-electron chi connectivity index (χ3n) is 4.60. The number of anilines is 2. The number of aromatic carboxylic acids is 1. The first kappa shape index (κ1) is 22.2. The Bertz CT molecular complexity index is 1150. The van der Waals surface area contributed by atoms with Gasteiger partial charge in [-0.05, 0) is 55.0 Å². The second kappa shape index (κ2) is 9.53. The summed E-state index contributed by atoms with van der Waals surface area (Å²) in [6, 6.07) is 20.2. The maximum atomic E-state index is 12.7. The molecular formula is C23H24N2O5S. The highest BCUT2D eigenvalue weighted by atomic mass is 32.2. The second-order valence-electron chi connectivity index (χ2n) is 6.89. The Balaban J connectivity index is 1.83. The van der Waals surface area contributed by atoms with E-state index in [9.17, 15) is 18.3 Å². The Morgan fingerprint density at radius 3 is 2.32 bits per heavy atom. The van der Waals surface area contributed by atoms with E-state index < -0.39 is 16.0 Å². The molecule has 0 aromatic heterocycles. The van der Waals surface area contributed by atoms with Crippen LogP contribution in [0.15, 0.2) is 77.7 Å². The molecule has 162 valence electrons. The van der Waals surface area contributed by atoms with E-state index in [1.807, 2.05) is 42.2 Å². The van der Waals surface area contributed by atoms with E-state index in [0.717, 1.165) is 5.56 Å². The van der Waals surface area contributed by atoms with E-state index in [2.05, 4.69) is 4.72 Å². The minimum absolute atomic E-state index is 0.00493. The monoisotopic (exact) mass is 440 g/mol. The predicted octanol–water partition coefficient (Wildman–Crippen LogP) is 4.22. The molecule has 0 saturated heterocycles. The molecule has 0 spiro atoms. The van der Waals surface area contributed by atoms with Gasteiger partial charge in [-0.2, -0.15) is 0 Å². The molecule has 0 atom stereocenters. The van der Waals surface area contributed by atoms with E-state index in [0.29, 0.717) is 24.6 Å². The number of carboxylic acids is 1. The summed E-state index contributed by atoms with van der Waals surface area (Å²) in [4.78, 5) is 13.7. The first-order chi connectivity index (χ1) is 14.8. The number of rotatable bonds is 9. The van der Waals surface area contributed by atoms with Crippen LogP contribution < -0.4 is 14.4 Å². The third-order valence-corrected chi connectivity index (χ3v) is 6.00. The normalized spacial score (nSPS) is 11.0. The third kappa shape index (κ3) is 5.55. The maximum absolute atomic E-state index is 12.7. The number of hydrogen-bond donors (Lipinski definition) is 2.